The zero-order valence-electron chi connectivity index (χ0n) is 26.6. The number of fused-ring (bicyclic) bond motifs is 1. The maximum atomic E-state index is 2.52. The summed E-state index contributed by atoms with van der Waals surface area (Å²) < 4.78 is 2.52. The van der Waals surface area contributed by atoms with Gasteiger partial charge in [-0.2, -0.15) is 0 Å². The molecule has 0 spiro atoms. The molecule has 0 fully saturated rings. The first-order chi connectivity index (χ1) is 20.4. The minimum Gasteiger partial charge on any atom is -0.372 e. The summed E-state index contributed by atoms with van der Waals surface area (Å²) in [6.07, 6.45) is 0. The molecule has 0 radical (unpaired) electrons. The normalized spacial score (nSPS) is 11.4. The van der Waals surface area contributed by atoms with Crippen LogP contribution in [-0.2, 0) is 6.54 Å². The molecule has 0 saturated heterocycles. The van der Waals surface area contributed by atoms with Crippen LogP contribution in [0, 0.1) is 20.8 Å². The summed E-state index contributed by atoms with van der Waals surface area (Å²) in [4.78, 5) is 4.87. The number of nitrogens with zero attached hydrogens (tertiary/aromatic N) is 3. The Labute approximate surface area is 253 Å². The molecule has 0 saturated carbocycles. The molecule has 3 nitrogen and oxygen atoms in total. The van der Waals surface area contributed by atoms with Crippen molar-refractivity contribution in [1.29, 1.82) is 0 Å². The van der Waals surface area contributed by atoms with Gasteiger partial charge in [0.15, 0.2) is 0 Å². The van der Waals surface area contributed by atoms with Crippen molar-refractivity contribution in [3.05, 3.63) is 130 Å². The quantitative estimate of drug-likeness (QED) is 0.160. The Morgan fingerprint density at radius 1 is 0.595 bits per heavy atom. The highest BCUT2D eigenvalue weighted by Gasteiger charge is 2.28. The maximum Gasteiger partial charge on any atom is 0.0488 e. The topological polar surface area (TPSA) is 11.4 Å². The van der Waals surface area contributed by atoms with E-state index in [1.165, 1.54) is 61.4 Å². The molecule has 0 atom stereocenters. The summed E-state index contributed by atoms with van der Waals surface area (Å²) in [7, 11) is 0. The fraction of sp³-hybridized carbons (Fsp3) is 0.333. The largest absolute Gasteiger partial charge is 0.372 e. The van der Waals surface area contributed by atoms with E-state index in [-0.39, 0.29) is 5.92 Å². The standard InChI is InChI=1S/C39H47N3/c1-8-40(9-2)32-21-23-34(28(5)25-32)39(35-24-22-33(26-29(35)6)41(10-3)11-4)38-30(7)42(27-31-17-13-12-14-18-31)37-20-16-15-19-36(37)38/h12-26,39H,8-11,27H2,1-7H3. The Hall–Kier alpha value is -3.98. The fourth-order valence-corrected chi connectivity index (χ4v) is 6.81. The summed E-state index contributed by atoms with van der Waals surface area (Å²) in [5.74, 6) is 0.128. The van der Waals surface area contributed by atoms with Crippen molar-refractivity contribution in [3.63, 3.8) is 0 Å². The van der Waals surface area contributed by atoms with Crippen molar-refractivity contribution >= 4 is 22.3 Å². The molecular weight excluding hydrogens is 510 g/mol. The maximum absolute atomic E-state index is 2.52. The second kappa shape index (κ2) is 12.9. The minimum atomic E-state index is 0.128. The molecule has 0 N–H and O–H groups in total. The van der Waals surface area contributed by atoms with Crippen molar-refractivity contribution in [1.82, 2.24) is 4.57 Å². The fourth-order valence-electron chi connectivity index (χ4n) is 6.81. The van der Waals surface area contributed by atoms with Crippen molar-refractivity contribution in [2.24, 2.45) is 0 Å². The van der Waals surface area contributed by atoms with E-state index in [4.69, 9.17) is 0 Å². The molecule has 4 aromatic carbocycles. The van der Waals surface area contributed by atoms with Gasteiger partial charge in [0.2, 0.25) is 0 Å². The van der Waals surface area contributed by atoms with Crippen molar-refractivity contribution < 1.29 is 0 Å². The highest BCUT2D eigenvalue weighted by atomic mass is 15.1. The number of hydrogen-bond acceptors (Lipinski definition) is 2. The van der Waals surface area contributed by atoms with Gasteiger partial charge in [0.1, 0.15) is 0 Å². The van der Waals surface area contributed by atoms with Crippen molar-refractivity contribution in [2.45, 2.75) is 60.9 Å². The van der Waals surface area contributed by atoms with E-state index in [1.54, 1.807) is 0 Å². The molecule has 1 heterocycles. The van der Waals surface area contributed by atoms with E-state index < -0.39 is 0 Å². The Morgan fingerprint density at radius 2 is 1.10 bits per heavy atom. The predicted octanol–water partition coefficient (Wildman–Crippen LogP) is 9.49. The average Bonchev–Trinajstić information content (AvgIpc) is 3.27. The average molecular weight is 558 g/mol. The first-order valence-corrected chi connectivity index (χ1v) is 15.7. The van der Waals surface area contributed by atoms with Crippen molar-refractivity contribution in [2.75, 3.05) is 36.0 Å². The van der Waals surface area contributed by atoms with E-state index in [1.807, 2.05) is 0 Å². The zero-order chi connectivity index (χ0) is 29.8. The number of aromatic nitrogens is 1. The molecule has 0 aliphatic heterocycles. The molecule has 0 amide bonds. The predicted molar refractivity (Wildman–Crippen MR) is 183 cm³/mol. The van der Waals surface area contributed by atoms with Gasteiger partial charge in [-0.3, -0.25) is 0 Å². The summed E-state index contributed by atoms with van der Waals surface area (Å²) in [5.41, 5.74) is 13.4. The monoisotopic (exact) mass is 557 g/mol. The van der Waals surface area contributed by atoms with E-state index in [9.17, 15) is 0 Å². The van der Waals surface area contributed by atoms with Gasteiger partial charge in [0, 0.05) is 66.6 Å². The minimum absolute atomic E-state index is 0.128. The van der Waals surface area contributed by atoms with Crippen LogP contribution < -0.4 is 9.80 Å². The van der Waals surface area contributed by atoms with E-state index in [0.717, 1.165) is 32.7 Å². The highest BCUT2D eigenvalue weighted by molar-refractivity contribution is 5.87. The lowest BCUT2D eigenvalue weighted by atomic mass is 9.80. The molecule has 0 bridgehead atoms. The molecule has 218 valence electrons. The van der Waals surface area contributed by atoms with E-state index in [2.05, 4.69) is 154 Å². The Bertz CT molecular complexity index is 1580. The van der Waals surface area contributed by atoms with Crippen LogP contribution in [0.4, 0.5) is 11.4 Å². The number of hydrogen-bond donors (Lipinski definition) is 0. The molecule has 0 aliphatic rings. The molecule has 0 unspecified atom stereocenters. The van der Waals surface area contributed by atoms with Crippen LogP contribution in [0.1, 0.15) is 72.7 Å². The van der Waals surface area contributed by atoms with Crippen LogP contribution in [0.5, 0.6) is 0 Å². The first kappa shape index (κ1) is 29.5. The van der Waals surface area contributed by atoms with Crippen molar-refractivity contribution in [3.8, 4) is 0 Å². The highest BCUT2D eigenvalue weighted by Crippen LogP contribution is 2.43. The van der Waals surface area contributed by atoms with Crippen LogP contribution in [0.25, 0.3) is 10.9 Å². The van der Waals surface area contributed by atoms with Crippen LogP contribution in [0.2, 0.25) is 0 Å². The number of anilines is 2. The molecular formula is C39H47N3. The second-order valence-corrected chi connectivity index (χ2v) is 11.4. The third-order valence-electron chi connectivity index (χ3n) is 9.14. The zero-order valence-corrected chi connectivity index (χ0v) is 26.6. The number of aryl methyl sites for hydroxylation is 2. The molecule has 5 aromatic rings. The lowest BCUT2D eigenvalue weighted by molar-refractivity contribution is 0.788. The van der Waals surface area contributed by atoms with Gasteiger partial charge >= 0.3 is 0 Å². The van der Waals surface area contributed by atoms with Gasteiger partial charge in [0.25, 0.3) is 0 Å². The van der Waals surface area contributed by atoms with Gasteiger partial charge in [0.05, 0.1) is 0 Å². The lowest BCUT2D eigenvalue weighted by Gasteiger charge is -2.28. The Kier molecular flexibility index (Phi) is 9.06. The molecule has 42 heavy (non-hydrogen) atoms. The second-order valence-electron chi connectivity index (χ2n) is 11.4. The Balaban J connectivity index is 1.75. The number of para-hydroxylation sites is 1. The Morgan fingerprint density at radius 3 is 1.60 bits per heavy atom. The van der Waals surface area contributed by atoms with Crippen LogP contribution in [0.3, 0.4) is 0 Å². The van der Waals surface area contributed by atoms with Crippen LogP contribution in [-0.4, -0.2) is 30.7 Å². The van der Waals surface area contributed by atoms with E-state index >= 15 is 0 Å². The SMILES string of the molecule is CCN(CC)c1ccc(C(c2ccc(N(CC)CC)cc2C)c2c(C)n(Cc3ccccc3)c3ccccc23)c(C)c1. The summed E-state index contributed by atoms with van der Waals surface area (Å²) in [6.45, 7) is 20.8. The summed E-state index contributed by atoms with van der Waals surface area (Å²) in [5, 5.41) is 1.34. The van der Waals surface area contributed by atoms with Gasteiger partial charge in [-0.1, -0.05) is 60.7 Å². The summed E-state index contributed by atoms with van der Waals surface area (Å²) in [6, 6.07) is 34.1. The lowest BCUT2D eigenvalue weighted by Crippen LogP contribution is -2.22. The molecule has 3 heteroatoms. The van der Waals surface area contributed by atoms with Gasteiger partial charge in [-0.15, -0.1) is 0 Å². The molecule has 1 aromatic heterocycles. The van der Waals surface area contributed by atoms with Crippen LogP contribution >= 0.6 is 0 Å². The van der Waals surface area contributed by atoms with Gasteiger partial charge < -0.3 is 14.4 Å². The smallest absolute Gasteiger partial charge is 0.0488 e. The third kappa shape index (κ3) is 5.57. The van der Waals surface area contributed by atoms with Gasteiger partial charge in [-0.05, 0) is 112 Å². The summed E-state index contributed by atoms with van der Waals surface area (Å²) >= 11 is 0. The number of rotatable bonds is 11. The number of benzene rings is 4. The third-order valence-corrected chi connectivity index (χ3v) is 9.14. The van der Waals surface area contributed by atoms with E-state index in [0.29, 0.717) is 0 Å². The first-order valence-electron chi connectivity index (χ1n) is 15.7. The molecule has 0 aliphatic carbocycles. The van der Waals surface area contributed by atoms with Gasteiger partial charge in [-0.25, -0.2) is 0 Å². The van der Waals surface area contributed by atoms with Crippen LogP contribution in [0.15, 0.2) is 91.0 Å². The molecule has 5 rings (SSSR count).